The standard InChI is InChI=1S/C30H40INO9/c1-17(11-18-12-22(31)28(37)24(13-18)41-3)8-9-23(34)26-19(16-40-2)14-20-27(21(26)15-33)30(39)32(29(20)38)10-6-4-5-7-25(35)36/h11-13,20-21,23,27,33-34,37H,4-10,14-16H2,1-3H3,(H,35,36)/b17-11+/t20-,21+,23-,27-/m1/s1. The number of phenolic OH excluding ortho intramolecular Hbond substituents is 1. The van der Waals surface area contributed by atoms with E-state index in [2.05, 4.69) is 0 Å². The van der Waals surface area contributed by atoms with Gasteiger partial charge in [-0.1, -0.05) is 18.1 Å². The molecule has 1 aliphatic heterocycles. The Bertz CT molecular complexity index is 1190. The van der Waals surface area contributed by atoms with Gasteiger partial charge in [-0.3, -0.25) is 19.3 Å². The summed E-state index contributed by atoms with van der Waals surface area (Å²) < 4.78 is 11.3. The maximum atomic E-state index is 13.4. The van der Waals surface area contributed by atoms with Crippen LogP contribution in [0.15, 0.2) is 28.9 Å². The maximum Gasteiger partial charge on any atom is 0.303 e. The lowest BCUT2D eigenvalue weighted by atomic mass is 9.68. The molecule has 0 saturated carbocycles. The highest BCUT2D eigenvalue weighted by molar-refractivity contribution is 14.1. The van der Waals surface area contributed by atoms with Gasteiger partial charge in [-0.25, -0.2) is 0 Å². The van der Waals surface area contributed by atoms with Crippen LogP contribution in [0, 0.1) is 21.3 Å². The van der Waals surface area contributed by atoms with Gasteiger partial charge >= 0.3 is 5.97 Å². The van der Waals surface area contributed by atoms with E-state index in [0.29, 0.717) is 47.0 Å². The van der Waals surface area contributed by atoms with Crippen LogP contribution in [0.4, 0.5) is 0 Å². The van der Waals surface area contributed by atoms with Crippen LogP contribution in [0.2, 0.25) is 0 Å². The third-order valence-electron chi connectivity index (χ3n) is 7.92. The van der Waals surface area contributed by atoms with E-state index in [1.54, 1.807) is 6.07 Å². The molecule has 0 bridgehead atoms. The largest absolute Gasteiger partial charge is 0.504 e. The van der Waals surface area contributed by atoms with Crippen LogP contribution in [-0.4, -0.2) is 83.2 Å². The van der Waals surface area contributed by atoms with E-state index in [0.717, 1.165) is 16.7 Å². The van der Waals surface area contributed by atoms with Crippen molar-refractivity contribution in [2.45, 2.75) is 58.0 Å². The summed E-state index contributed by atoms with van der Waals surface area (Å²) in [7, 11) is 3.02. The molecule has 4 atom stereocenters. The number of rotatable bonds is 15. The predicted molar refractivity (Wildman–Crippen MR) is 160 cm³/mol. The number of aliphatic hydroxyl groups excluding tert-OH is 2. The molecule has 10 nitrogen and oxygen atoms in total. The van der Waals surface area contributed by atoms with Gasteiger partial charge < -0.3 is 29.9 Å². The van der Waals surface area contributed by atoms with Gasteiger partial charge in [-0.2, -0.15) is 0 Å². The summed E-state index contributed by atoms with van der Waals surface area (Å²) in [5, 5.41) is 40.7. The zero-order chi connectivity index (χ0) is 30.3. The lowest BCUT2D eigenvalue weighted by molar-refractivity contribution is -0.141. The number of nitrogens with zero attached hydrogens (tertiary/aromatic N) is 1. The van der Waals surface area contributed by atoms with Gasteiger partial charge in [0.05, 0.1) is 41.8 Å². The van der Waals surface area contributed by atoms with Crippen molar-refractivity contribution in [1.82, 2.24) is 4.90 Å². The molecule has 3 rings (SSSR count). The van der Waals surface area contributed by atoms with E-state index in [1.807, 2.05) is 41.7 Å². The van der Waals surface area contributed by atoms with E-state index in [-0.39, 0.29) is 50.2 Å². The number of carbonyl (C=O) groups excluding carboxylic acids is 2. The number of aliphatic carboxylic acids is 1. The second kappa shape index (κ2) is 15.1. The Morgan fingerprint density at radius 1 is 1.17 bits per heavy atom. The Morgan fingerprint density at radius 3 is 2.54 bits per heavy atom. The molecule has 2 aliphatic rings. The number of hydrogen-bond acceptors (Lipinski definition) is 8. The smallest absolute Gasteiger partial charge is 0.303 e. The Hall–Kier alpha value is -2.48. The van der Waals surface area contributed by atoms with Crippen molar-refractivity contribution in [2.75, 3.05) is 34.0 Å². The predicted octanol–water partition coefficient (Wildman–Crippen LogP) is 3.75. The normalized spacial score (nSPS) is 21.9. The first-order valence-electron chi connectivity index (χ1n) is 13.8. The van der Waals surface area contributed by atoms with Crippen LogP contribution < -0.4 is 4.74 Å². The number of aliphatic hydroxyl groups is 2. The minimum Gasteiger partial charge on any atom is -0.504 e. The number of phenols is 1. The SMILES string of the molecule is COCC1=C([C@H](O)CC/C(C)=C/c2cc(I)c(O)c(OC)c2)[C@H](CO)[C@@H]2C(=O)N(CCCCCC(=O)O)C(=O)[C@@H]2C1. The number of carboxylic acids is 1. The van der Waals surface area contributed by atoms with Gasteiger partial charge in [0, 0.05) is 26.0 Å². The lowest BCUT2D eigenvalue weighted by Crippen LogP contribution is -2.39. The quantitative estimate of drug-likeness (QED) is 0.0936. The number of carboxylic acid groups (broad SMARTS) is 1. The molecule has 1 aliphatic carbocycles. The number of fused-ring (bicyclic) bond motifs is 1. The zero-order valence-corrected chi connectivity index (χ0v) is 25.9. The second-order valence-electron chi connectivity index (χ2n) is 10.7. The maximum absolute atomic E-state index is 13.4. The molecule has 4 N–H and O–H groups in total. The zero-order valence-electron chi connectivity index (χ0n) is 23.8. The molecule has 1 heterocycles. The lowest BCUT2D eigenvalue weighted by Gasteiger charge is -2.36. The van der Waals surface area contributed by atoms with E-state index in [9.17, 15) is 29.7 Å². The number of ether oxygens (including phenoxy) is 2. The van der Waals surface area contributed by atoms with Crippen LogP contribution in [0.25, 0.3) is 6.08 Å². The molecule has 1 saturated heterocycles. The summed E-state index contributed by atoms with van der Waals surface area (Å²) in [6.45, 7) is 1.96. The highest BCUT2D eigenvalue weighted by atomic mass is 127. The molecule has 1 aromatic carbocycles. The third kappa shape index (κ3) is 7.88. The molecule has 0 aromatic heterocycles. The molecule has 1 fully saturated rings. The molecular formula is C30H40INO9. The van der Waals surface area contributed by atoms with Crippen LogP contribution in [0.5, 0.6) is 11.5 Å². The molecule has 2 amide bonds. The number of methoxy groups -OCH3 is 2. The Labute approximate surface area is 254 Å². The number of likely N-dealkylation sites (tertiary alicyclic amines) is 1. The average molecular weight is 686 g/mol. The number of carbonyl (C=O) groups is 3. The fourth-order valence-electron chi connectivity index (χ4n) is 5.98. The van der Waals surface area contributed by atoms with Crippen molar-refractivity contribution in [3.63, 3.8) is 0 Å². The molecule has 0 spiro atoms. The number of imide groups is 1. The van der Waals surface area contributed by atoms with Crippen LogP contribution in [0.1, 0.15) is 57.4 Å². The summed E-state index contributed by atoms with van der Waals surface area (Å²) >= 11 is 2.04. The number of aromatic hydroxyl groups is 1. The summed E-state index contributed by atoms with van der Waals surface area (Å²) in [4.78, 5) is 38.7. The van der Waals surface area contributed by atoms with Crippen molar-refractivity contribution >= 4 is 46.5 Å². The van der Waals surface area contributed by atoms with E-state index in [4.69, 9.17) is 14.6 Å². The topological polar surface area (TPSA) is 154 Å². The van der Waals surface area contributed by atoms with Gasteiger partial charge in [0.1, 0.15) is 0 Å². The summed E-state index contributed by atoms with van der Waals surface area (Å²) in [5.74, 6) is -3.11. The van der Waals surface area contributed by atoms with Gasteiger partial charge in [0.25, 0.3) is 0 Å². The number of allylic oxidation sites excluding steroid dienone is 1. The average Bonchev–Trinajstić information content (AvgIpc) is 3.16. The first-order valence-corrected chi connectivity index (χ1v) is 14.9. The fourth-order valence-corrected chi connectivity index (χ4v) is 6.61. The fraction of sp³-hybridized carbons (Fsp3) is 0.567. The minimum absolute atomic E-state index is 0.0440. The van der Waals surface area contributed by atoms with E-state index in [1.165, 1.54) is 19.1 Å². The summed E-state index contributed by atoms with van der Waals surface area (Å²) in [5.41, 5.74) is 3.15. The van der Waals surface area contributed by atoms with Crippen LogP contribution in [0.3, 0.4) is 0 Å². The van der Waals surface area contributed by atoms with Crippen molar-refractivity contribution in [3.05, 3.63) is 38.0 Å². The van der Waals surface area contributed by atoms with Crippen molar-refractivity contribution in [2.24, 2.45) is 17.8 Å². The third-order valence-corrected chi connectivity index (χ3v) is 8.74. The Balaban J connectivity index is 1.75. The molecule has 0 unspecified atom stereocenters. The minimum atomic E-state index is -0.941. The van der Waals surface area contributed by atoms with Crippen molar-refractivity contribution in [1.29, 1.82) is 0 Å². The molecule has 41 heavy (non-hydrogen) atoms. The first-order chi connectivity index (χ1) is 19.5. The molecule has 11 heteroatoms. The monoisotopic (exact) mass is 685 g/mol. The van der Waals surface area contributed by atoms with Gasteiger partial charge in [0.15, 0.2) is 11.5 Å². The van der Waals surface area contributed by atoms with Gasteiger partial charge in [-0.05, 0) is 90.5 Å². The second-order valence-corrected chi connectivity index (χ2v) is 11.9. The van der Waals surface area contributed by atoms with Crippen LogP contribution in [-0.2, 0) is 19.1 Å². The highest BCUT2D eigenvalue weighted by Gasteiger charge is 2.54. The van der Waals surface area contributed by atoms with Gasteiger partial charge in [-0.15, -0.1) is 0 Å². The number of benzene rings is 1. The van der Waals surface area contributed by atoms with Crippen molar-refractivity contribution < 1.29 is 44.3 Å². The number of hydrogen-bond donors (Lipinski definition) is 4. The van der Waals surface area contributed by atoms with Crippen LogP contribution >= 0.6 is 22.6 Å². The number of halogens is 1. The molecular weight excluding hydrogens is 645 g/mol. The van der Waals surface area contributed by atoms with Crippen molar-refractivity contribution in [3.8, 4) is 11.5 Å². The molecule has 0 radical (unpaired) electrons. The van der Waals surface area contributed by atoms with Gasteiger partial charge in [0.2, 0.25) is 11.8 Å². The van der Waals surface area contributed by atoms with E-state index < -0.39 is 29.8 Å². The molecule has 1 aromatic rings. The van der Waals surface area contributed by atoms with E-state index >= 15 is 0 Å². The number of amides is 2. The molecule has 226 valence electrons. The highest BCUT2D eigenvalue weighted by Crippen LogP contribution is 2.46. The summed E-state index contributed by atoms with van der Waals surface area (Å²) in [6, 6.07) is 3.57. The Morgan fingerprint density at radius 2 is 1.90 bits per heavy atom. The Kier molecular flexibility index (Phi) is 12.2. The summed E-state index contributed by atoms with van der Waals surface area (Å²) in [6.07, 6.45) is 3.79. The number of unbranched alkanes of at least 4 members (excludes halogenated alkanes) is 2. The first kappa shape index (κ1) is 33.0.